The molecule has 216 valence electrons. The van der Waals surface area contributed by atoms with E-state index >= 15 is 0 Å². The van der Waals surface area contributed by atoms with E-state index in [1.54, 1.807) is 0 Å². The topological polar surface area (TPSA) is 21.6 Å². The van der Waals surface area contributed by atoms with Gasteiger partial charge in [0.1, 0.15) is 6.61 Å². The summed E-state index contributed by atoms with van der Waals surface area (Å²) < 4.78 is 6.32. The predicted octanol–water partition coefficient (Wildman–Crippen LogP) is 8.81. The molecule has 0 saturated heterocycles. The minimum atomic E-state index is -0.836. The van der Waals surface area contributed by atoms with Crippen molar-refractivity contribution < 1.29 is 4.74 Å². The summed E-state index contributed by atoms with van der Waals surface area (Å²) in [7, 11) is -0.836. The summed E-state index contributed by atoms with van der Waals surface area (Å²) in [6.07, 6.45) is 0.872. The van der Waals surface area contributed by atoms with Gasteiger partial charge >= 0.3 is 0 Å². The summed E-state index contributed by atoms with van der Waals surface area (Å²) in [5.74, 6) is 0.734. The van der Waals surface area contributed by atoms with Crippen LogP contribution >= 0.6 is 7.92 Å². The Balaban J connectivity index is 1.35. The zero-order valence-electron chi connectivity index (χ0n) is 24.9. The first kappa shape index (κ1) is 27.5. The quantitative estimate of drug-likeness (QED) is 0.168. The lowest BCUT2D eigenvalue weighted by atomic mass is 9.92. The van der Waals surface area contributed by atoms with E-state index < -0.39 is 7.92 Å². The van der Waals surface area contributed by atoms with E-state index in [2.05, 4.69) is 164 Å². The molecule has 8 rings (SSSR count). The van der Waals surface area contributed by atoms with Crippen LogP contribution in [0.1, 0.15) is 11.1 Å². The summed E-state index contributed by atoms with van der Waals surface area (Å²) in [6.45, 7) is 0.596. The fourth-order valence-electron chi connectivity index (χ4n) is 6.52. The molecule has 1 heterocycles. The van der Waals surface area contributed by atoms with Gasteiger partial charge in [0.2, 0.25) is 5.90 Å². The first-order chi connectivity index (χ1) is 22.3. The van der Waals surface area contributed by atoms with Crippen molar-refractivity contribution in [3.05, 3.63) is 175 Å². The highest BCUT2D eigenvalue weighted by molar-refractivity contribution is 7.80. The van der Waals surface area contributed by atoms with Crippen LogP contribution in [-0.4, -0.2) is 18.5 Å². The van der Waals surface area contributed by atoms with Crippen LogP contribution in [-0.2, 0) is 11.2 Å². The highest BCUT2D eigenvalue weighted by Gasteiger charge is 2.25. The highest BCUT2D eigenvalue weighted by Crippen LogP contribution is 2.42. The normalized spacial score (nSPS) is 14.5. The van der Waals surface area contributed by atoms with Gasteiger partial charge in [-0.1, -0.05) is 152 Å². The smallest absolute Gasteiger partial charge is 0.216 e. The molecule has 3 heteroatoms. The summed E-state index contributed by atoms with van der Waals surface area (Å²) in [4.78, 5) is 5.11. The van der Waals surface area contributed by atoms with E-state index in [0.717, 1.165) is 17.9 Å². The molecule has 0 N–H and O–H groups in total. The predicted molar refractivity (Wildman–Crippen MR) is 192 cm³/mol. The van der Waals surface area contributed by atoms with Crippen LogP contribution in [0, 0.1) is 0 Å². The Morgan fingerprint density at radius 1 is 0.578 bits per heavy atom. The molecule has 0 aromatic heterocycles. The van der Waals surface area contributed by atoms with E-state index in [1.165, 1.54) is 54.1 Å². The molecular weight excluding hydrogens is 565 g/mol. The fourth-order valence-corrected chi connectivity index (χ4v) is 9.00. The standard InChI is InChI=1S/C42H32NOP/c1-4-14-30(15-5-1)26-34-29-44-42(43-34)33-27-32-17-11-12-22-37(32)39(28-33)41-38-23-13-10-16-31(38)24-25-40(41)45(35-18-6-2-7-19-35)36-20-8-3-9-21-36/h1-25,27-28,34H,26,29H2/t34-/m1/s1. The van der Waals surface area contributed by atoms with Gasteiger partial charge in [-0.3, -0.25) is 0 Å². The van der Waals surface area contributed by atoms with Crippen LogP contribution in [0.25, 0.3) is 32.7 Å². The molecule has 0 saturated carbocycles. The molecule has 0 radical (unpaired) electrons. The largest absolute Gasteiger partial charge is 0.475 e. The van der Waals surface area contributed by atoms with Gasteiger partial charge in [0.25, 0.3) is 0 Å². The van der Waals surface area contributed by atoms with Gasteiger partial charge in [-0.2, -0.15) is 0 Å². The average Bonchev–Trinajstić information content (AvgIpc) is 3.58. The SMILES string of the molecule is c1ccc(C[C@@H]2COC(c3cc(-c4c(P(c5ccccc5)c5ccccc5)ccc5ccccc45)c4ccccc4c3)=N2)cc1. The van der Waals surface area contributed by atoms with E-state index in [9.17, 15) is 0 Å². The highest BCUT2D eigenvalue weighted by atomic mass is 31.1. The maximum Gasteiger partial charge on any atom is 0.216 e. The second kappa shape index (κ2) is 12.2. The minimum Gasteiger partial charge on any atom is -0.475 e. The molecule has 0 spiro atoms. The third kappa shape index (κ3) is 5.43. The molecule has 7 aromatic carbocycles. The molecule has 0 aliphatic carbocycles. The molecule has 0 unspecified atom stereocenters. The maximum atomic E-state index is 6.32. The van der Waals surface area contributed by atoms with E-state index in [0.29, 0.717) is 6.61 Å². The molecule has 1 aliphatic heterocycles. The number of nitrogens with zero attached hydrogens (tertiary/aromatic N) is 1. The summed E-state index contributed by atoms with van der Waals surface area (Å²) in [5.41, 5.74) is 4.81. The number of ether oxygens (including phenoxy) is 1. The van der Waals surface area contributed by atoms with Gasteiger partial charge in [0.05, 0.1) is 6.04 Å². The zero-order valence-corrected chi connectivity index (χ0v) is 25.8. The Morgan fingerprint density at radius 3 is 1.89 bits per heavy atom. The Bertz CT molecular complexity index is 2100. The van der Waals surface area contributed by atoms with Gasteiger partial charge in [0.15, 0.2) is 0 Å². The van der Waals surface area contributed by atoms with Crippen molar-refractivity contribution in [3.8, 4) is 11.1 Å². The lowest BCUT2D eigenvalue weighted by molar-refractivity contribution is 0.317. The molecule has 1 atom stereocenters. The van der Waals surface area contributed by atoms with Crippen molar-refractivity contribution in [2.75, 3.05) is 6.61 Å². The van der Waals surface area contributed by atoms with Gasteiger partial charge < -0.3 is 4.74 Å². The Labute approximate surface area is 265 Å². The second-order valence-electron chi connectivity index (χ2n) is 11.5. The third-order valence-electron chi connectivity index (χ3n) is 8.58. The van der Waals surface area contributed by atoms with Gasteiger partial charge in [0, 0.05) is 5.56 Å². The molecule has 0 bridgehead atoms. The number of benzene rings is 7. The van der Waals surface area contributed by atoms with Crippen LogP contribution in [0.3, 0.4) is 0 Å². The molecule has 1 aliphatic rings. The molecule has 45 heavy (non-hydrogen) atoms. The third-order valence-corrected chi connectivity index (χ3v) is 11.1. The number of aliphatic imine (C=N–C) groups is 1. The van der Waals surface area contributed by atoms with Gasteiger partial charge in [-0.05, 0) is 80.6 Å². The summed E-state index contributed by atoms with van der Waals surface area (Å²) in [5, 5.41) is 8.93. The van der Waals surface area contributed by atoms with Crippen LogP contribution < -0.4 is 15.9 Å². The first-order valence-corrected chi connectivity index (χ1v) is 16.9. The zero-order chi connectivity index (χ0) is 30.0. The Kier molecular flexibility index (Phi) is 7.43. The van der Waals surface area contributed by atoms with Crippen LogP contribution in [0.2, 0.25) is 0 Å². The van der Waals surface area contributed by atoms with Crippen molar-refractivity contribution in [1.82, 2.24) is 0 Å². The second-order valence-corrected chi connectivity index (χ2v) is 13.7. The van der Waals surface area contributed by atoms with E-state index in [-0.39, 0.29) is 6.04 Å². The Morgan fingerprint density at radius 2 is 1.18 bits per heavy atom. The lowest BCUT2D eigenvalue weighted by Gasteiger charge is -2.25. The summed E-state index contributed by atoms with van der Waals surface area (Å²) >= 11 is 0. The van der Waals surface area contributed by atoms with E-state index in [1.807, 2.05) is 0 Å². The van der Waals surface area contributed by atoms with E-state index in [4.69, 9.17) is 9.73 Å². The maximum absolute atomic E-state index is 6.32. The minimum absolute atomic E-state index is 0.106. The van der Waals surface area contributed by atoms with Crippen molar-refractivity contribution >= 4 is 51.3 Å². The molecule has 7 aromatic rings. The van der Waals surface area contributed by atoms with Crippen LogP contribution in [0.15, 0.2) is 169 Å². The van der Waals surface area contributed by atoms with Gasteiger partial charge in [-0.25, -0.2) is 4.99 Å². The first-order valence-electron chi connectivity index (χ1n) is 15.5. The number of hydrogen-bond donors (Lipinski definition) is 0. The summed E-state index contributed by atoms with van der Waals surface area (Å²) in [6, 6.07) is 59.4. The molecule has 0 fully saturated rings. The Hall–Kier alpha value is -5.04. The molecule has 2 nitrogen and oxygen atoms in total. The number of rotatable bonds is 7. The molecule has 0 amide bonds. The van der Waals surface area contributed by atoms with Crippen molar-refractivity contribution in [3.63, 3.8) is 0 Å². The van der Waals surface area contributed by atoms with Gasteiger partial charge in [-0.15, -0.1) is 0 Å². The fraction of sp³-hybridized carbons (Fsp3) is 0.0714. The van der Waals surface area contributed by atoms with Crippen molar-refractivity contribution in [1.29, 1.82) is 0 Å². The van der Waals surface area contributed by atoms with Crippen molar-refractivity contribution in [2.45, 2.75) is 12.5 Å². The monoisotopic (exact) mass is 597 g/mol. The van der Waals surface area contributed by atoms with Crippen LogP contribution in [0.5, 0.6) is 0 Å². The molecular formula is C42H32NOP. The van der Waals surface area contributed by atoms with Crippen LogP contribution in [0.4, 0.5) is 0 Å². The average molecular weight is 598 g/mol. The number of fused-ring (bicyclic) bond motifs is 2. The number of hydrogen-bond acceptors (Lipinski definition) is 2. The lowest BCUT2D eigenvalue weighted by Crippen LogP contribution is -2.22. The van der Waals surface area contributed by atoms with Crippen molar-refractivity contribution in [2.24, 2.45) is 4.99 Å².